The van der Waals surface area contributed by atoms with Gasteiger partial charge in [0, 0.05) is 30.4 Å². The third-order valence-corrected chi connectivity index (χ3v) is 4.80. The quantitative estimate of drug-likeness (QED) is 0.734. The lowest BCUT2D eigenvalue weighted by Crippen LogP contribution is -2.28. The number of carbonyl (C=O) groups is 1. The SMILES string of the molecule is CCn1cc(C2=NOC(C(=O)Nc3ccc(-c4ccccc4)cc3)C2)c(C)n1. The van der Waals surface area contributed by atoms with Crippen LogP contribution in [0.1, 0.15) is 24.6 Å². The molecular weight excluding hydrogens is 352 g/mol. The van der Waals surface area contributed by atoms with Gasteiger partial charge in [-0.3, -0.25) is 9.48 Å². The molecule has 0 saturated carbocycles. The molecule has 0 bridgehead atoms. The summed E-state index contributed by atoms with van der Waals surface area (Å²) in [6.45, 7) is 4.76. The Bertz CT molecular complexity index is 1010. The highest BCUT2D eigenvalue weighted by Crippen LogP contribution is 2.23. The maximum absolute atomic E-state index is 12.6. The van der Waals surface area contributed by atoms with Gasteiger partial charge in [-0.05, 0) is 37.1 Å². The molecule has 1 amide bonds. The summed E-state index contributed by atoms with van der Waals surface area (Å²) in [6, 6.07) is 17.9. The topological polar surface area (TPSA) is 68.5 Å². The standard InChI is InChI=1S/C22H22N4O2/c1-3-26-14-19(15(2)24-26)20-13-21(28-25-20)22(27)23-18-11-9-17(10-12-18)16-7-5-4-6-8-16/h4-12,14,21H,3,13H2,1-2H3,(H,23,27). The lowest BCUT2D eigenvalue weighted by molar-refractivity contribution is -0.125. The van der Waals surface area contributed by atoms with E-state index in [1.807, 2.05) is 67.2 Å². The average Bonchev–Trinajstić information content (AvgIpc) is 3.36. The van der Waals surface area contributed by atoms with Gasteiger partial charge in [-0.15, -0.1) is 0 Å². The second-order valence-electron chi connectivity index (χ2n) is 6.75. The molecule has 1 N–H and O–H groups in total. The number of nitrogens with zero attached hydrogens (tertiary/aromatic N) is 3. The largest absolute Gasteiger partial charge is 0.382 e. The van der Waals surface area contributed by atoms with Crippen LogP contribution < -0.4 is 5.32 Å². The highest BCUT2D eigenvalue weighted by Gasteiger charge is 2.30. The van der Waals surface area contributed by atoms with Crippen LogP contribution in [0.15, 0.2) is 65.9 Å². The number of anilines is 1. The molecule has 0 fully saturated rings. The molecule has 0 radical (unpaired) electrons. The summed E-state index contributed by atoms with van der Waals surface area (Å²) in [5.74, 6) is -0.202. The molecule has 6 nitrogen and oxygen atoms in total. The van der Waals surface area contributed by atoms with E-state index < -0.39 is 6.10 Å². The van der Waals surface area contributed by atoms with Crippen molar-refractivity contribution in [2.75, 3.05) is 5.32 Å². The molecule has 2 heterocycles. The lowest BCUT2D eigenvalue weighted by Gasteiger charge is -2.10. The summed E-state index contributed by atoms with van der Waals surface area (Å²) in [5, 5.41) is 11.4. The molecule has 2 aromatic carbocycles. The van der Waals surface area contributed by atoms with Crippen molar-refractivity contribution in [1.82, 2.24) is 9.78 Å². The Hall–Kier alpha value is -3.41. The van der Waals surface area contributed by atoms with Gasteiger partial charge < -0.3 is 10.2 Å². The van der Waals surface area contributed by atoms with Crippen molar-refractivity contribution >= 4 is 17.3 Å². The smallest absolute Gasteiger partial charge is 0.268 e. The summed E-state index contributed by atoms with van der Waals surface area (Å²) in [4.78, 5) is 17.9. The predicted molar refractivity (Wildman–Crippen MR) is 109 cm³/mol. The molecule has 4 rings (SSSR count). The summed E-state index contributed by atoms with van der Waals surface area (Å²) in [5.41, 5.74) is 5.56. The molecule has 0 aliphatic carbocycles. The maximum atomic E-state index is 12.6. The van der Waals surface area contributed by atoms with Crippen LogP contribution in [-0.2, 0) is 16.2 Å². The van der Waals surface area contributed by atoms with Crippen LogP contribution in [0.4, 0.5) is 5.69 Å². The molecule has 0 saturated heterocycles. The third-order valence-electron chi connectivity index (χ3n) is 4.80. The fourth-order valence-corrected chi connectivity index (χ4v) is 3.24. The predicted octanol–water partition coefficient (Wildman–Crippen LogP) is 4.01. The van der Waals surface area contributed by atoms with E-state index in [0.29, 0.717) is 6.42 Å². The van der Waals surface area contributed by atoms with Crippen LogP contribution >= 0.6 is 0 Å². The minimum absolute atomic E-state index is 0.202. The van der Waals surface area contributed by atoms with Crippen molar-refractivity contribution in [3.05, 3.63) is 72.1 Å². The monoisotopic (exact) mass is 374 g/mol. The van der Waals surface area contributed by atoms with Crippen LogP contribution in [0.5, 0.6) is 0 Å². The number of aromatic nitrogens is 2. The number of oxime groups is 1. The van der Waals surface area contributed by atoms with Gasteiger partial charge in [0.15, 0.2) is 0 Å². The Balaban J connectivity index is 1.39. The summed E-state index contributed by atoms with van der Waals surface area (Å²) in [7, 11) is 0. The number of rotatable bonds is 5. The molecule has 1 aliphatic rings. The highest BCUT2D eigenvalue weighted by molar-refractivity contribution is 6.06. The number of aryl methyl sites for hydroxylation is 2. The van der Waals surface area contributed by atoms with E-state index in [4.69, 9.17) is 4.84 Å². The number of hydrogen-bond donors (Lipinski definition) is 1. The van der Waals surface area contributed by atoms with E-state index in [2.05, 4.69) is 27.7 Å². The van der Waals surface area contributed by atoms with E-state index in [1.165, 1.54) is 0 Å². The molecule has 6 heteroatoms. The van der Waals surface area contributed by atoms with Crippen LogP contribution in [0.2, 0.25) is 0 Å². The van der Waals surface area contributed by atoms with E-state index in [1.54, 1.807) is 0 Å². The van der Waals surface area contributed by atoms with Gasteiger partial charge in [-0.25, -0.2) is 0 Å². The molecule has 1 aromatic heterocycles. The van der Waals surface area contributed by atoms with E-state index in [-0.39, 0.29) is 5.91 Å². The molecule has 1 atom stereocenters. The van der Waals surface area contributed by atoms with E-state index >= 15 is 0 Å². The number of nitrogens with one attached hydrogen (secondary N) is 1. The Kier molecular flexibility index (Phi) is 4.93. The molecule has 28 heavy (non-hydrogen) atoms. The Morgan fingerprint density at radius 3 is 2.54 bits per heavy atom. The number of amides is 1. The van der Waals surface area contributed by atoms with Crippen molar-refractivity contribution in [2.24, 2.45) is 5.16 Å². The second-order valence-corrected chi connectivity index (χ2v) is 6.75. The van der Waals surface area contributed by atoms with Crippen molar-refractivity contribution in [2.45, 2.75) is 32.9 Å². The van der Waals surface area contributed by atoms with Crippen LogP contribution in [-0.4, -0.2) is 27.5 Å². The Morgan fingerprint density at radius 2 is 1.86 bits per heavy atom. The van der Waals surface area contributed by atoms with Crippen molar-refractivity contribution in [3.8, 4) is 11.1 Å². The van der Waals surface area contributed by atoms with Crippen molar-refractivity contribution < 1.29 is 9.63 Å². The normalized spacial score (nSPS) is 15.8. The molecule has 1 aliphatic heterocycles. The molecule has 1 unspecified atom stereocenters. The fraction of sp³-hybridized carbons (Fsp3) is 0.227. The zero-order chi connectivity index (χ0) is 19.5. The summed E-state index contributed by atoms with van der Waals surface area (Å²) < 4.78 is 1.86. The first kappa shape index (κ1) is 18.0. The number of hydrogen-bond acceptors (Lipinski definition) is 4. The van der Waals surface area contributed by atoms with E-state index in [0.717, 1.165) is 40.3 Å². The molecule has 0 spiro atoms. The Morgan fingerprint density at radius 1 is 1.14 bits per heavy atom. The van der Waals surface area contributed by atoms with Crippen LogP contribution in [0, 0.1) is 6.92 Å². The van der Waals surface area contributed by atoms with Gasteiger partial charge in [0.2, 0.25) is 6.10 Å². The first-order chi connectivity index (χ1) is 13.6. The first-order valence-electron chi connectivity index (χ1n) is 9.37. The fourth-order valence-electron chi connectivity index (χ4n) is 3.24. The van der Waals surface area contributed by atoms with Crippen molar-refractivity contribution in [1.29, 1.82) is 0 Å². The van der Waals surface area contributed by atoms with Gasteiger partial charge in [-0.2, -0.15) is 5.10 Å². The van der Waals surface area contributed by atoms with E-state index in [9.17, 15) is 4.79 Å². The van der Waals surface area contributed by atoms with Crippen LogP contribution in [0.3, 0.4) is 0 Å². The van der Waals surface area contributed by atoms with Gasteiger partial charge >= 0.3 is 0 Å². The number of carbonyl (C=O) groups excluding carboxylic acids is 1. The molecule has 142 valence electrons. The Labute approximate surface area is 163 Å². The third kappa shape index (κ3) is 3.67. The highest BCUT2D eigenvalue weighted by atomic mass is 16.6. The molecular formula is C22H22N4O2. The lowest BCUT2D eigenvalue weighted by atomic mass is 10.0. The minimum Gasteiger partial charge on any atom is -0.382 e. The van der Waals surface area contributed by atoms with Gasteiger partial charge in [0.1, 0.15) is 0 Å². The van der Waals surface area contributed by atoms with Crippen LogP contribution in [0.25, 0.3) is 11.1 Å². The summed E-state index contributed by atoms with van der Waals surface area (Å²) >= 11 is 0. The first-order valence-corrected chi connectivity index (χ1v) is 9.37. The van der Waals surface area contributed by atoms with Gasteiger partial charge in [0.25, 0.3) is 5.91 Å². The number of benzene rings is 2. The minimum atomic E-state index is -0.631. The summed E-state index contributed by atoms with van der Waals surface area (Å²) in [6.07, 6.45) is 1.75. The van der Waals surface area contributed by atoms with Gasteiger partial charge in [-0.1, -0.05) is 47.6 Å². The van der Waals surface area contributed by atoms with Crippen molar-refractivity contribution in [3.63, 3.8) is 0 Å². The second kappa shape index (κ2) is 7.68. The molecule has 3 aromatic rings. The zero-order valence-corrected chi connectivity index (χ0v) is 15.9. The zero-order valence-electron chi connectivity index (χ0n) is 15.9. The maximum Gasteiger partial charge on any atom is 0.268 e. The van der Waals surface area contributed by atoms with Gasteiger partial charge in [0.05, 0.1) is 11.4 Å². The average molecular weight is 374 g/mol.